The van der Waals surface area contributed by atoms with Crippen molar-refractivity contribution in [2.24, 2.45) is 5.73 Å². The fraction of sp³-hybridized carbons (Fsp3) is 0.444. The van der Waals surface area contributed by atoms with E-state index in [0.29, 0.717) is 12.4 Å². The molecule has 0 aliphatic carbocycles. The van der Waals surface area contributed by atoms with Crippen LogP contribution >= 0.6 is 0 Å². The Morgan fingerprint density at radius 3 is 2.50 bits per heavy atom. The topological polar surface area (TPSA) is 91.4 Å². The lowest BCUT2D eigenvalue weighted by molar-refractivity contribution is 0.203. The number of hydrogen-bond acceptors (Lipinski definition) is 5. The predicted octanol–water partition coefficient (Wildman–Crippen LogP) is -0.695. The van der Waals surface area contributed by atoms with Gasteiger partial charge in [0.2, 0.25) is 0 Å². The van der Waals surface area contributed by atoms with Crippen molar-refractivity contribution in [3.8, 4) is 0 Å². The monoisotopic (exact) mass is 197 g/mol. The second-order valence-electron chi connectivity index (χ2n) is 2.96. The molecule has 1 aromatic rings. The minimum Gasteiger partial charge on any atom is -0.394 e. The van der Waals surface area contributed by atoms with Crippen molar-refractivity contribution in [2.45, 2.75) is 12.6 Å². The summed E-state index contributed by atoms with van der Waals surface area (Å²) in [4.78, 5) is 4.07. The highest BCUT2D eigenvalue weighted by Crippen LogP contribution is 2.05. The van der Waals surface area contributed by atoms with Gasteiger partial charge in [-0.15, -0.1) is 0 Å². The van der Waals surface area contributed by atoms with Crippen LogP contribution in [0.25, 0.3) is 0 Å². The number of aliphatic hydroxyl groups excluding tert-OH is 2. The number of anilines is 1. The van der Waals surface area contributed by atoms with Crippen LogP contribution in [0.1, 0.15) is 5.56 Å². The van der Waals surface area contributed by atoms with E-state index in [1.807, 2.05) is 6.07 Å². The first kappa shape index (κ1) is 10.9. The van der Waals surface area contributed by atoms with Crippen LogP contribution in [0.4, 0.5) is 5.82 Å². The fourth-order valence-electron chi connectivity index (χ4n) is 0.989. The highest BCUT2D eigenvalue weighted by Gasteiger charge is 2.05. The molecule has 0 aromatic carbocycles. The maximum atomic E-state index is 8.82. The molecule has 0 atom stereocenters. The van der Waals surface area contributed by atoms with Crippen LogP contribution in [0.3, 0.4) is 0 Å². The van der Waals surface area contributed by atoms with Crippen LogP contribution in [0.15, 0.2) is 18.3 Å². The highest BCUT2D eigenvalue weighted by molar-refractivity contribution is 5.36. The van der Waals surface area contributed by atoms with Crippen LogP contribution in [0.2, 0.25) is 0 Å². The summed E-state index contributed by atoms with van der Waals surface area (Å²) in [6.45, 7) is 0.199. The summed E-state index contributed by atoms with van der Waals surface area (Å²) in [7, 11) is 0. The normalized spacial score (nSPS) is 10.6. The van der Waals surface area contributed by atoms with E-state index in [1.165, 1.54) is 0 Å². The zero-order valence-electron chi connectivity index (χ0n) is 7.85. The molecule has 0 saturated carbocycles. The van der Waals surface area contributed by atoms with Gasteiger partial charge in [0.25, 0.3) is 0 Å². The molecule has 0 unspecified atom stereocenters. The van der Waals surface area contributed by atoms with Gasteiger partial charge in [-0.25, -0.2) is 4.98 Å². The van der Waals surface area contributed by atoms with Crippen molar-refractivity contribution in [3.63, 3.8) is 0 Å². The maximum Gasteiger partial charge on any atom is 0.126 e. The number of rotatable bonds is 5. The fourth-order valence-corrected chi connectivity index (χ4v) is 0.989. The Hall–Kier alpha value is -1.17. The number of aliphatic hydroxyl groups is 2. The lowest BCUT2D eigenvalue weighted by Gasteiger charge is -2.13. The van der Waals surface area contributed by atoms with E-state index in [0.717, 1.165) is 5.56 Å². The van der Waals surface area contributed by atoms with Gasteiger partial charge < -0.3 is 21.3 Å². The molecule has 1 heterocycles. The van der Waals surface area contributed by atoms with E-state index in [2.05, 4.69) is 10.3 Å². The van der Waals surface area contributed by atoms with Gasteiger partial charge in [-0.05, 0) is 11.6 Å². The van der Waals surface area contributed by atoms with Crippen LogP contribution in [0.5, 0.6) is 0 Å². The lowest BCUT2D eigenvalue weighted by atomic mass is 10.3. The molecule has 0 fully saturated rings. The van der Waals surface area contributed by atoms with Crippen LogP contribution in [-0.4, -0.2) is 34.5 Å². The third-order valence-corrected chi connectivity index (χ3v) is 1.85. The molecule has 78 valence electrons. The van der Waals surface area contributed by atoms with Gasteiger partial charge in [-0.1, -0.05) is 6.07 Å². The van der Waals surface area contributed by atoms with Crippen molar-refractivity contribution in [1.82, 2.24) is 4.98 Å². The molecule has 0 spiro atoms. The maximum absolute atomic E-state index is 8.82. The highest BCUT2D eigenvalue weighted by atomic mass is 16.3. The minimum atomic E-state index is -0.369. The molecule has 5 nitrogen and oxygen atoms in total. The van der Waals surface area contributed by atoms with Gasteiger partial charge in [0.05, 0.1) is 19.3 Å². The molecule has 5 heteroatoms. The number of aromatic nitrogens is 1. The first-order valence-electron chi connectivity index (χ1n) is 4.43. The third kappa shape index (κ3) is 2.95. The lowest BCUT2D eigenvalue weighted by Crippen LogP contribution is -2.28. The van der Waals surface area contributed by atoms with Gasteiger partial charge in [0.1, 0.15) is 5.82 Å². The summed E-state index contributed by atoms with van der Waals surface area (Å²) in [5.74, 6) is 0.621. The van der Waals surface area contributed by atoms with E-state index in [9.17, 15) is 0 Å². The van der Waals surface area contributed by atoms with Gasteiger partial charge in [0, 0.05) is 12.7 Å². The number of pyridine rings is 1. The van der Waals surface area contributed by atoms with Crippen molar-refractivity contribution in [3.05, 3.63) is 23.9 Å². The summed E-state index contributed by atoms with van der Waals surface area (Å²) in [5, 5.41) is 20.5. The van der Waals surface area contributed by atoms with Crippen LogP contribution in [-0.2, 0) is 6.54 Å². The summed E-state index contributed by atoms with van der Waals surface area (Å²) < 4.78 is 0. The van der Waals surface area contributed by atoms with Gasteiger partial charge >= 0.3 is 0 Å². The number of hydrogen-bond donors (Lipinski definition) is 4. The Morgan fingerprint density at radius 1 is 1.36 bits per heavy atom. The van der Waals surface area contributed by atoms with Crippen LogP contribution < -0.4 is 11.1 Å². The van der Waals surface area contributed by atoms with E-state index in [-0.39, 0.29) is 19.3 Å². The molecule has 0 amide bonds. The average Bonchev–Trinajstić information content (AvgIpc) is 2.26. The molecular weight excluding hydrogens is 182 g/mol. The van der Waals surface area contributed by atoms with E-state index >= 15 is 0 Å². The zero-order valence-corrected chi connectivity index (χ0v) is 7.85. The molecular formula is C9H15N3O2. The quantitative estimate of drug-likeness (QED) is 0.501. The molecule has 1 aromatic heterocycles. The van der Waals surface area contributed by atoms with Crippen molar-refractivity contribution in [2.75, 3.05) is 18.5 Å². The second-order valence-corrected chi connectivity index (χ2v) is 2.96. The van der Waals surface area contributed by atoms with Crippen molar-refractivity contribution >= 4 is 5.82 Å². The summed E-state index contributed by atoms with van der Waals surface area (Å²) >= 11 is 0. The second kappa shape index (κ2) is 5.54. The van der Waals surface area contributed by atoms with Crippen molar-refractivity contribution < 1.29 is 10.2 Å². The predicted molar refractivity (Wildman–Crippen MR) is 53.7 cm³/mol. The van der Waals surface area contributed by atoms with E-state index in [1.54, 1.807) is 12.3 Å². The molecule has 0 radical (unpaired) electrons. The number of nitrogens with zero attached hydrogens (tertiary/aromatic N) is 1. The van der Waals surface area contributed by atoms with Crippen LogP contribution in [0, 0.1) is 0 Å². The van der Waals surface area contributed by atoms with E-state index in [4.69, 9.17) is 15.9 Å². The Kier molecular flexibility index (Phi) is 4.31. The van der Waals surface area contributed by atoms with Crippen molar-refractivity contribution in [1.29, 1.82) is 0 Å². The molecule has 1 rings (SSSR count). The van der Waals surface area contributed by atoms with E-state index < -0.39 is 0 Å². The van der Waals surface area contributed by atoms with Gasteiger partial charge in [-0.3, -0.25) is 0 Å². The molecule has 0 bridgehead atoms. The largest absolute Gasteiger partial charge is 0.394 e. The summed E-state index contributed by atoms with van der Waals surface area (Å²) in [6.07, 6.45) is 1.66. The summed E-state index contributed by atoms with van der Waals surface area (Å²) in [5.41, 5.74) is 6.36. The minimum absolute atomic E-state index is 0.128. The average molecular weight is 197 g/mol. The zero-order chi connectivity index (χ0) is 10.4. The Labute approximate surface area is 82.6 Å². The van der Waals surface area contributed by atoms with Gasteiger partial charge in [0.15, 0.2) is 0 Å². The number of nitrogens with two attached hydrogens (primary N) is 1. The molecule has 5 N–H and O–H groups in total. The molecule has 0 aliphatic rings. The molecule has 0 saturated heterocycles. The first-order chi connectivity index (χ1) is 6.80. The Bertz CT molecular complexity index is 259. The first-order valence-corrected chi connectivity index (χ1v) is 4.43. The smallest absolute Gasteiger partial charge is 0.126 e. The summed E-state index contributed by atoms with van der Waals surface area (Å²) in [6, 6.07) is 3.24. The molecule has 14 heavy (non-hydrogen) atoms. The third-order valence-electron chi connectivity index (χ3n) is 1.85. The Morgan fingerprint density at radius 2 is 2.07 bits per heavy atom. The number of nitrogens with one attached hydrogen (secondary N) is 1. The SMILES string of the molecule is NCc1ccc(NC(CO)CO)nc1. The molecule has 0 aliphatic heterocycles. The Balaban J connectivity index is 2.58. The standard InChI is InChI=1S/C9H15N3O2/c10-3-7-1-2-9(11-4-7)12-8(5-13)6-14/h1-2,4,8,13-14H,3,5-6,10H2,(H,11,12). The van der Waals surface area contributed by atoms with Gasteiger partial charge in [-0.2, -0.15) is 0 Å².